The SMILES string of the molecule is CNC(=O)c1ccccc1C#CCNC(=O)c1cc2ccccc2o1. The molecule has 0 aliphatic rings. The monoisotopic (exact) mass is 332 g/mol. The van der Waals surface area contributed by atoms with E-state index in [0.29, 0.717) is 16.7 Å². The molecule has 0 atom stereocenters. The van der Waals surface area contributed by atoms with Crippen LogP contribution < -0.4 is 10.6 Å². The van der Waals surface area contributed by atoms with E-state index in [1.54, 1.807) is 31.3 Å². The maximum Gasteiger partial charge on any atom is 0.287 e. The first-order valence-electron chi connectivity index (χ1n) is 7.76. The second-order valence-corrected chi connectivity index (χ2v) is 5.26. The summed E-state index contributed by atoms with van der Waals surface area (Å²) in [5.41, 5.74) is 1.78. The van der Waals surface area contributed by atoms with E-state index in [0.717, 1.165) is 5.39 Å². The molecule has 0 saturated heterocycles. The van der Waals surface area contributed by atoms with Crippen molar-refractivity contribution in [2.45, 2.75) is 0 Å². The van der Waals surface area contributed by atoms with Gasteiger partial charge in [-0.3, -0.25) is 9.59 Å². The number of hydrogen-bond acceptors (Lipinski definition) is 3. The number of furan rings is 1. The van der Waals surface area contributed by atoms with E-state index < -0.39 is 0 Å². The van der Waals surface area contributed by atoms with Gasteiger partial charge in [0, 0.05) is 18.0 Å². The van der Waals surface area contributed by atoms with Gasteiger partial charge in [-0.15, -0.1) is 0 Å². The first kappa shape index (κ1) is 16.3. The lowest BCUT2D eigenvalue weighted by Crippen LogP contribution is -2.23. The fourth-order valence-electron chi connectivity index (χ4n) is 2.37. The molecule has 124 valence electrons. The van der Waals surface area contributed by atoms with E-state index >= 15 is 0 Å². The van der Waals surface area contributed by atoms with Gasteiger partial charge in [-0.1, -0.05) is 42.2 Å². The predicted octanol–water partition coefficient (Wildman–Crippen LogP) is 2.57. The average Bonchev–Trinajstić information content (AvgIpc) is 3.09. The lowest BCUT2D eigenvalue weighted by Gasteiger charge is -2.02. The van der Waals surface area contributed by atoms with Crippen molar-refractivity contribution in [1.82, 2.24) is 10.6 Å². The van der Waals surface area contributed by atoms with Crippen molar-refractivity contribution in [3.63, 3.8) is 0 Å². The first-order valence-corrected chi connectivity index (χ1v) is 7.76. The van der Waals surface area contributed by atoms with Gasteiger partial charge in [0.1, 0.15) is 5.58 Å². The van der Waals surface area contributed by atoms with Crippen LogP contribution >= 0.6 is 0 Å². The summed E-state index contributed by atoms with van der Waals surface area (Å²) in [7, 11) is 1.57. The highest BCUT2D eigenvalue weighted by atomic mass is 16.3. The lowest BCUT2D eigenvalue weighted by atomic mass is 10.1. The van der Waals surface area contributed by atoms with Gasteiger partial charge < -0.3 is 15.1 Å². The number of fused-ring (bicyclic) bond motifs is 1. The van der Waals surface area contributed by atoms with E-state index in [2.05, 4.69) is 22.5 Å². The normalized spacial score (nSPS) is 9.96. The molecule has 2 amide bonds. The first-order chi connectivity index (χ1) is 12.2. The second-order valence-electron chi connectivity index (χ2n) is 5.26. The van der Waals surface area contributed by atoms with Gasteiger partial charge in [0.2, 0.25) is 0 Å². The number of benzene rings is 2. The van der Waals surface area contributed by atoms with E-state index in [4.69, 9.17) is 4.42 Å². The Hall–Kier alpha value is -3.52. The zero-order chi connectivity index (χ0) is 17.6. The minimum Gasteiger partial charge on any atom is -0.451 e. The van der Waals surface area contributed by atoms with Crippen LogP contribution in [-0.4, -0.2) is 25.4 Å². The highest BCUT2D eigenvalue weighted by molar-refractivity contribution is 5.97. The number of carbonyl (C=O) groups is 2. The smallest absolute Gasteiger partial charge is 0.287 e. The van der Waals surface area contributed by atoms with Crippen molar-refractivity contribution in [2.75, 3.05) is 13.6 Å². The number of hydrogen-bond donors (Lipinski definition) is 2. The van der Waals surface area contributed by atoms with Crippen LogP contribution in [0, 0.1) is 11.8 Å². The van der Waals surface area contributed by atoms with Gasteiger partial charge in [0.15, 0.2) is 5.76 Å². The van der Waals surface area contributed by atoms with Crippen LogP contribution in [0.3, 0.4) is 0 Å². The summed E-state index contributed by atoms with van der Waals surface area (Å²) in [5.74, 6) is 5.48. The maximum absolute atomic E-state index is 12.1. The summed E-state index contributed by atoms with van der Waals surface area (Å²) in [6.07, 6.45) is 0. The predicted molar refractivity (Wildman–Crippen MR) is 95.3 cm³/mol. The molecular weight excluding hydrogens is 316 g/mol. The van der Waals surface area contributed by atoms with Crippen LogP contribution in [0.1, 0.15) is 26.5 Å². The van der Waals surface area contributed by atoms with E-state index in [1.807, 2.05) is 30.3 Å². The number of carbonyl (C=O) groups excluding carboxylic acids is 2. The Labute approximate surface area is 145 Å². The standard InChI is InChI=1S/C20H16N2O3/c1-21-19(23)16-10-4-2-7-14(16)9-6-12-22-20(24)18-13-15-8-3-5-11-17(15)25-18/h2-5,7-8,10-11,13H,12H2,1H3,(H,21,23)(H,22,24). The van der Waals surface area contributed by atoms with Crippen LogP contribution in [0.2, 0.25) is 0 Å². The Morgan fingerprint density at radius 3 is 2.60 bits per heavy atom. The zero-order valence-electron chi connectivity index (χ0n) is 13.6. The fourth-order valence-corrected chi connectivity index (χ4v) is 2.37. The molecule has 0 unspecified atom stereocenters. The topological polar surface area (TPSA) is 71.3 Å². The molecule has 2 N–H and O–H groups in total. The van der Waals surface area contributed by atoms with Crippen molar-refractivity contribution in [3.8, 4) is 11.8 Å². The summed E-state index contributed by atoms with van der Waals surface area (Å²) in [6.45, 7) is 0.151. The molecule has 0 saturated carbocycles. The molecule has 0 spiro atoms. The lowest BCUT2D eigenvalue weighted by molar-refractivity contribution is 0.0931. The minimum absolute atomic E-state index is 0.151. The molecule has 0 fully saturated rings. The number of rotatable bonds is 3. The summed E-state index contributed by atoms with van der Waals surface area (Å²) in [6, 6.07) is 16.2. The molecule has 3 rings (SSSR count). The van der Waals surface area contributed by atoms with Crippen molar-refractivity contribution in [3.05, 3.63) is 71.5 Å². The number of para-hydroxylation sites is 1. The van der Waals surface area contributed by atoms with Crippen molar-refractivity contribution < 1.29 is 14.0 Å². The Morgan fingerprint density at radius 2 is 1.80 bits per heavy atom. The molecule has 5 heteroatoms. The van der Waals surface area contributed by atoms with Crippen molar-refractivity contribution in [2.24, 2.45) is 0 Å². The molecule has 0 aliphatic carbocycles. The molecule has 1 heterocycles. The number of amides is 2. The molecule has 3 aromatic rings. The third kappa shape index (κ3) is 3.70. The van der Waals surface area contributed by atoms with Gasteiger partial charge in [-0.05, 0) is 24.3 Å². The highest BCUT2D eigenvalue weighted by Gasteiger charge is 2.11. The Kier molecular flexibility index (Phi) is 4.82. The van der Waals surface area contributed by atoms with Gasteiger partial charge in [0.25, 0.3) is 11.8 Å². The third-order valence-corrected chi connectivity index (χ3v) is 3.61. The van der Waals surface area contributed by atoms with Crippen LogP contribution in [0.4, 0.5) is 0 Å². The average molecular weight is 332 g/mol. The van der Waals surface area contributed by atoms with Crippen LogP contribution in [0.5, 0.6) is 0 Å². The molecular formula is C20H16N2O3. The van der Waals surface area contributed by atoms with Gasteiger partial charge in [0.05, 0.1) is 12.1 Å². The van der Waals surface area contributed by atoms with Gasteiger partial charge in [-0.25, -0.2) is 0 Å². The summed E-state index contributed by atoms with van der Waals surface area (Å²) >= 11 is 0. The summed E-state index contributed by atoms with van der Waals surface area (Å²) < 4.78 is 5.50. The zero-order valence-corrected chi connectivity index (χ0v) is 13.6. The second kappa shape index (κ2) is 7.37. The van der Waals surface area contributed by atoms with Gasteiger partial charge in [-0.2, -0.15) is 0 Å². The quantitative estimate of drug-likeness (QED) is 0.724. The highest BCUT2D eigenvalue weighted by Crippen LogP contribution is 2.18. The Bertz CT molecular complexity index is 960. The van der Waals surface area contributed by atoms with Gasteiger partial charge >= 0.3 is 0 Å². The summed E-state index contributed by atoms with van der Waals surface area (Å²) in [4.78, 5) is 23.9. The van der Waals surface area contributed by atoms with E-state index in [1.165, 1.54) is 0 Å². The molecule has 2 aromatic carbocycles. The minimum atomic E-state index is -0.329. The molecule has 0 aliphatic heterocycles. The molecule has 1 aromatic heterocycles. The number of nitrogens with one attached hydrogen (secondary N) is 2. The molecule has 0 radical (unpaired) electrons. The van der Waals surface area contributed by atoms with E-state index in [-0.39, 0.29) is 24.1 Å². The largest absolute Gasteiger partial charge is 0.451 e. The molecule has 5 nitrogen and oxygen atoms in total. The fraction of sp³-hybridized carbons (Fsp3) is 0.100. The Morgan fingerprint density at radius 1 is 1.04 bits per heavy atom. The maximum atomic E-state index is 12.1. The van der Waals surface area contributed by atoms with Crippen LogP contribution in [0.25, 0.3) is 11.0 Å². The van der Waals surface area contributed by atoms with E-state index in [9.17, 15) is 9.59 Å². The Balaban J connectivity index is 1.67. The summed E-state index contributed by atoms with van der Waals surface area (Å²) in [5, 5.41) is 6.13. The van der Waals surface area contributed by atoms with Crippen LogP contribution in [-0.2, 0) is 0 Å². The van der Waals surface area contributed by atoms with Crippen LogP contribution in [0.15, 0.2) is 59.0 Å². The van der Waals surface area contributed by atoms with Crippen molar-refractivity contribution in [1.29, 1.82) is 0 Å². The van der Waals surface area contributed by atoms with Crippen molar-refractivity contribution >= 4 is 22.8 Å². The third-order valence-electron chi connectivity index (χ3n) is 3.61. The molecule has 0 bridgehead atoms. The molecule has 25 heavy (non-hydrogen) atoms.